The molecule has 34 heavy (non-hydrogen) atoms. The van der Waals surface area contributed by atoms with Crippen LogP contribution >= 0.6 is 11.6 Å². The number of halogens is 4. The Morgan fingerprint density at radius 2 is 1.88 bits per heavy atom. The van der Waals surface area contributed by atoms with E-state index in [1.165, 1.54) is 4.90 Å². The van der Waals surface area contributed by atoms with Crippen LogP contribution in [0, 0.1) is 5.92 Å². The summed E-state index contributed by atoms with van der Waals surface area (Å²) in [6.07, 6.45) is -4.58. The summed E-state index contributed by atoms with van der Waals surface area (Å²) < 4.78 is 54.3. The Labute approximate surface area is 200 Å². The van der Waals surface area contributed by atoms with Gasteiger partial charge in [-0.2, -0.15) is 13.2 Å². The van der Waals surface area contributed by atoms with Gasteiger partial charge in [0, 0.05) is 36.7 Å². The topological polar surface area (TPSA) is 43.7 Å². The van der Waals surface area contributed by atoms with E-state index >= 15 is 0 Å². The van der Waals surface area contributed by atoms with Crippen molar-refractivity contribution < 1.29 is 27.4 Å². The molecule has 1 aromatic heterocycles. The number of hydrogen-bond acceptors (Lipinski definition) is 3. The normalized spacial score (nSPS) is 16.0. The first kappa shape index (κ1) is 24.2. The van der Waals surface area contributed by atoms with Crippen molar-refractivity contribution >= 4 is 17.7 Å². The second-order valence-electron chi connectivity index (χ2n) is 8.30. The minimum atomic E-state index is -4.66. The fourth-order valence-electron chi connectivity index (χ4n) is 3.99. The molecule has 0 N–H and O–H groups in total. The number of carbonyl (C=O) groups excluding carboxylic acids is 1. The highest BCUT2D eigenvalue weighted by atomic mass is 35.5. The lowest BCUT2D eigenvalue weighted by Gasteiger charge is -2.21. The average Bonchev–Trinajstić information content (AvgIpc) is 3.43. The quantitative estimate of drug-likeness (QED) is 0.403. The number of hydrogen-bond donors (Lipinski definition) is 0. The molecule has 1 saturated heterocycles. The molecule has 0 saturated carbocycles. The molecule has 2 aromatic carbocycles. The third-order valence-electron chi connectivity index (χ3n) is 5.73. The van der Waals surface area contributed by atoms with Crippen LogP contribution < -0.4 is 4.74 Å². The molecule has 0 aliphatic carbocycles. The van der Waals surface area contributed by atoms with Gasteiger partial charge in [0.2, 0.25) is 5.88 Å². The Morgan fingerprint density at radius 3 is 2.50 bits per heavy atom. The maximum absolute atomic E-state index is 14.1. The number of alkyl halides is 3. The molecule has 1 aliphatic rings. The summed E-state index contributed by atoms with van der Waals surface area (Å²) in [4.78, 5) is 14.3. The van der Waals surface area contributed by atoms with Gasteiger partial charge in [-0.15, -0.1) is 0 Å². The van der Waals surface area contributed by atoms with Crippen LogP contribution in [0.3, 0.4) is 0 Å². The fraction of sp³-hybridized carbons (Fsp3) is 0.320. The standard InChI is InChI=1S/C25H24ClF3N2O3/c1-30(14-18-11-12-33-16-18)24(32)34-23-21(19-7-9-20(26)10-8-19)13-22(25(27,28)29)31(23)15-17-5-3-2-4-6-17/h2-10,13,18H,11-12,14-16H2,1H3. The maximum atomic E-state index is 14.1. The highest BCUT2D eigenvalue weighted by Crippen LogP contribution is 2.41. The van der Waals surface area contributed by atoms with E-state index in [-0.39, 0.29) is 23.9 Å². The van der Waals surface area contributed by atoms with E-state index in [9.17, 15) is 18.0 Å². The van der Waals surface area contributed by atoms with Crippen molar-refractivity contribution in [2.75, 3.05) is 26.8 Å². The van der Waals surface area contributed by atoms with Crippen LogP contribution in [0.5, 0.6) is 5.88 Å². The fourth-order valence-corrected chi connectivity index (χ4v) is 4.11. The van der Waals surface area contributed by atoms with E-state index in [1.807, 2.05) is 0 Å². The van der Waals surface area contributed by atoms with E-state index in [1.54, 1.807) is 61.6 Å². The first-order valence-electron chi connectivity index (χ1n) is 10.8. The SMILES string of the molecule is CN(CC1CCOC1)C(=O)Oc1c(-c2ccc(Cl)cc2)cc(C(F)(F)F)n1Cc1ccccc1. The van der Waals surface area contributed by atoms with Crippen LogP contribution in [0.2, 0.25) is 5.02 Å². The van der Waals surface area contributed by atoms with Gasteiger partial charge >= 0.3 is 12.3 Å². The van der Waals surface area contributed by atoms with Crippen LogP contribution in [0.4, 0.5) is 18.0 Å². The van der Waals surface area contributed by atoms with Crippen LogP contribution in [0.25, 0.3) is 11.1 Å². The predicted octanol–water partition coefficient (Wildman–Crippen LogP) is 6.34. The Hall–Kier alpha value is -2.97. The van der Waals surface area contributed by atoms with Crippen molar-refractivity contribution in [2.24, 2.45) is 5.92 Å². The van der Waals surface area contributed by atoms with Gasteiger partial charge in [-0.1, -0.05) is 54.1 Å². The number of amides is 1. The van der Waals surface area contributed by atoms with E-state index in [4.69, 9.17) is 21.1 Å². The number of nitrogens with zero attached hydrogens (tertiary/aromatic N) is 2. The van der Waals surface area contributed by atoms with Crippen LogP contribution in [0.15, 0.2) is 60.7 Å². The van der Waals surface area contributed by atoms with E-state index < -0.39 is 18.0 Å². The molecule has 180 valence electrons. The Bertz CT molecular complexity index is 1120. The second-order valence-corrected chi connectivity index (χ2v) is 8.74. The Kier molecular flexibility index (Phi) is 7.19. The monoisotopic (exact) mass is 492 g/mol. The second kappa shape index (κ2) is 10.1. The van der Waals surface area contributed by atoms with Crippen molar-refractivity contribution in [2.45, 2.75) is 19.1 Å². The molecular formula is C25H24ClF3N2O3. The van der Waals surface area contributed by atoms with Gasteiger partial charge in [0.15, 0.2) is 0 Å². The van der Waals surface area contributed by atoms with Gasteiger partial charge in [-0.05, 0) is 35.7 Å². The van der Waals surface area contributed by atoms with Gasteiger partial charge < -0.3 is 18.9 Å². The molecule has 0 spiro atoms. The number of ether oxygens (including phenoxy) is 2. The zero-order chi connectivity index (χ0) is 24.3. The third kappa shape index (κ3) is 5.56. The maximum Gasteiger partial charge on any atom is 0.431 e. The zero-order valence-electron chi connectivity index (χ0n) is 18.5. The molecule has 1 fully saturated rings. The van der Waals surface area contributed by atoms with Crippen LogP contribution in [-0.4, -0.2) is 42.4 Å². The summed E-state index contributed by atoms with van der Waals surface area (Å²) in [6, 6.07) is 16.1. The lowest BCUT2D eigenvalue weighted by molar-refractivity contribution is -0.143. The number of aromatic nitrogens is 1. The first-order valence-corrected chi connectivity index (χ1v) is 11.2. The van der Waals surface area contributed by atoms with Crippen LogP contribution in [-0.2, 0) is 17.5 Å². The Balaban J connectivity index is 1.76. The van der Waals surface area contributed by atoms with Crippen molar-refractivity contribution in [3.63, 3.8) is 0 Å². The minimum absolute atomic E-state index is 0.119. The van der Waals surface area contributed by atoms with Gasteiger partial charge in [-0.3, -0.25) is 0 Å². The molecule has 0 bridgehead atoms. The average molecular weight is 493 g/mol. The van der Waals surface area contributed by atoms with Crippen molar-refractivity contribution in [1.29, 1.82) is 0 Å². The lowest BCUT2D eigenvalue weighted by atomic mass is 10.1. The van der Waals surface area contributed by atoms with Crippen molar-refractivity contribution in [3.05, 3.63) is 76.9 Å². The molecule has 9 heteroatoms. The molecule has 3 aromatic rings. The highest BCUT2D eigenvalue weighted by Gasteiger charge is 2.38. The first-order chi connectivity index (χ1) is 16.2. The van der Waals surface area contributed by atoms with Crippen molar-refractivity contribution in [3.8, 4) is 17.0 Å². The lowest BCUT2D eigenvalue weighted by Crippen LogP contribution is -2.35. The summed E-state index contributed by atoms with van der Waals surface area (Å²) in [7, 11) is 1.57. The van der Waals surface area contributed by atoms with E-state index in [2.05, 4.69) is 0 Å². The molecule has 1 amide bonds. The molecule has 0 radical (unpaired) electrons. The summed E-state index contributed by atoms with van der Waals surface area (Å²) >= 11 is 5.97. The molecule has 5 nitrogen and oxygen atoms in total. The smallest absolute Gasteiger partial charge is 0.392 e. The van der Waals surface area contributed by atoms with E-state index in [0.717, 1.165) is 17.1 Å². The molecule has 4 rings (SSSR count). The summed E-state index contributed by atoms with van der Waals surface area (Å²) in [5.41, 5.74) is 0.346. The third-order valence-corrected chi connectivity index (χ3v) is 5.98. The number of rotatable bonds is 6. The zero-order valence-corrected chi connectivity index (χ0v) is 19.3. The molecule has 2 heterocycles. The van der Waals surface area contributed by atoms with Crippen molar-refractivity contribution in [1.82, 2.24) is 9.47 Å². The number of benzene rings is 2. The molecular weight excluding hydrogens is 469 g/mol. The molecule has 1 aliphatic heterocycles. The Morgan fingerprint density at radius 1 is 1.18 bits per heavy atom. The minimum Gasteiger partial charge on any atom is -0.392 e. The van der Waals surface area contributed by atoms with Gasteiger partial charge in [-0.25, -0.2) is 4.79 Å². The molecule has 1 atom stereocenters. The largest absolute Gasteiger partial charge is 0.431 e. The molecule has 1 unspecified atom stereocenters. The van der Waals surface area contributed by atoms with Gasteiger partial charge in [0.05, 0.1) is 13.2 Å². The number of carbonyl (C=O) groups is 1. The van der Waals surface area contributed by atoms with Gasteiger partial charge in [0.1, 0.15) is 5.69 Å². The highest BCUT2D eigenvalue weighted by molar-refractivity contribution is 6.30. The summed E-state index contributed by atoms with van der Waals surface area (Å²) in [5.74, 6) is -0.00634. The van der Waals surface area contributed by atoms with Gasteiger partial charge in [0.25, 0.3) is 0 Å². The van der Waals surface area contributed by atoms with E-state index in [0.29, 0.717) is 35.9 Å². The van der Waals surface area contributed by atoms with Crippen LogP contribution in [0.1, 0.15) is 17.7 Å². The summed E-state index contributed by atoms with van der Waals surface area (Å²) in [5, 5.41) is 0.445. The summed E-state index contributed by atoms with van der Waals surface area (Å²) in [6.45, 7) is 1.44. The predicted molar refractivity (Wildman–Crippen MR) is 123 cm³/mol.